The third-order valence-electron chi connectivity index (χ3n) is 5.39. The molecule has 6 heteroatoms. The van der Waals surface area contributed by atoms with Crippen molar-refractivity contribution in [2.75, 3.05) is 32.9 Å². The molecule has 2 aliphatic heterocycles. The highest BCUT2D eigenvalue weighted by atomic mass is 16.5. The second kappa shape index (κ2) is 7.04. The maximum atomic E-state index is 12.5. The molecule has 2 aliphatic rings. The molecule has 0 spiro atoms. The Hall–Kier alpha value is -2.08. The predicted molar refractivity (Wildman–Crippen MR) is 91.6 cm³/mol. The van der Waals surface area contributed by atoms with E-state index in [1.54, 1.807) is 4.90 Å². The summed E-state index contributed by atoms with van der Waals surface area (Å²) in [7, 11) is 0. The number of amides is 1. The molecule has 25 heavy (non-hydrogen) atoms. The molecule has 0 aliphatic carbocycles. The molecule has 0 saturated carbocycles. The summed E-state index contributed by atoms with van der Waals surface area (Å²) in [5, 5.41) is 9.66. The first-order valence-electron chi connectivity index (χ1n) is 8.71. The van der Waals surface area contributed by atoms with Crippen LogP contribution < -0.4 is 4.74 Å². The van der Waals surface area contributed by atoms with Gasteiger partial charge in [-0.1, -0.05) is 17.7 Å². The highest BCUT2D eigenvalue weighted by Gasteiger charge is 2.54. The summed E-state index contributed by atoms with van der Waals surface area (Å²) in [5.74, 6) is -0.214. The molecule has 1 aromatic rings. The smallest absolute Gasteiger partial charge is 0.311 e. The third kappa shape index (κ3) is 3.49. The first-order valence-corrected chi connectivity index (χ1v) is 8.71. The number of aliphatic carboxylic acids is 1. The number of hydrogen-bond acceptors (Lipinski definition) is 4. The lowest BCUT2D eigenvalue weighted by Crippen LogP contribution is -2.45. The minimum absolute atomic E-state index is 0.0558. The Balaban J connectivity index is 1.56. The molecule has 136 valence electrons. The lowest BCUT2D eigenvalue weighted by molar-refractivity contribution is -0.157. The third-order valence-corrected chi connectivity index (χ3v) is 5.39. The standard InChI is InChI=1S/C19H25NO5/c1-13-3-4-16(14(2)9-13)25-7-5-17(21)20-10-15-11-24-8-6-19(15,12-20)18(22)23/h3-4,9,15H,5-8,10-12H2,1-2H3,(H,22,23)/t15-,19+/m0/s1. The van der Waals surface area contributed by atoms with Gasteiger partial charge >= 0.3 is 5.97 Å². The van der Waals surface area contributed by atoms with Crippen molar-refractivity contribution >= 4 is 11.9 Å². The largest absolute Gasteiger partial charge is 0.493 e. The van der Waals surface area contributed by atoms with Gasteiger partial charge in [-0.05, 0) is 31.9 Å². The van der Waals surface area contributed by atoms with Crippen molar-refractivity contribution < 1.29 is 24.2 Å². The first kappa shape index (κ1) is 17.7. The van der Waals surface area contributed by atoms with Gasteiger partial charge in [0.05, 0.1) is 25.0 Å². The topological polar surface area (TPSA) is 76.1 Å². The summed E-state index contributed by atoms with van der Waals surface area (Å²) in [6.07, 6.45) is 0.715. The number of rotatable bonds is 5. The molecule has 0 bridgehead atoms. The van der Waals surface area contributed by atoms with Gasteiger partial charge in [-0.3, -0.25) is 9.59 Å². The molecular weight excluding hydrogens is 322 g/mol. The quantitative estimate of drug-likeness (QED) is 0.882. The van der Waals surface area contributed by atoms with Crippen LogP contribution in [0.5, 0.6) is 5.75 Å². The summed E-state index contributed by atoms with van der Waals surface area (Å²) < 4.78 is 11.1. The summed E-state index contributed by atoms with van der Waals surface area (Å²) in [6.45, 7) is 5.88. The summed E-state index contributed by atoms with van der Waals surface area (Å²) in [6, 6.07) is 5.93. The van der Waals surface area contributed by atoms with E-state index >= 15 is 0 Å². The fourth-order valence-corrected chi connectivity index (χ4v) is 3.86. The number of hydrogen-bond donors (Lipinski definition) is 1. The maximum absolute atomic E-state index is 12.5. The number of carbonyl (C=O) groups excluding carboxylic acids is 1. The number of likely N-dealkylation sites (tertiary alicyclic amines) is 1. The Morgan fingerprint density at radius 3 is 2.88 bits per heavy atom. The Labute approximate surface area is 147 Å². The van der Waals surface area contributed by atoms with Crippen molar-refractivity contribution in [3.05, 3.63) is 29.3 Å². The first-order chi connectivity index (χ1) is 11.9. The number of carboxylic acid groups (broad SMARTS) is 1. The van der Waals surface area contributed by atoms with E-state index in [1.807, 2.05) is 32.0 Å². The lowest BCUT2D eigenvalue weighted by atomic mass is 9.74. The van der Waals surface area contributed by atoms with Crippen molar-refractivity contribution in [1.29, 1.82) is 0 Å². The van der Waals surface area contributed by atoms with Crippen LogP contribution in [0, 0.1) is 25.2 Å². The predicted octanol–water partition coefficient (Wildman–Crippen LogP) is 2.02. The average molecular weight is 347 g/mol. The van der Waals surface area contributed by atoms with E-state index in [0.717, 1.165) is 11.3 Å². The van der Waals surface area contributed by atoms with Crippen LogP contribution in [0.1, 0.15) is 24.0 Å². The Kier molecular flexibility index (Phi) is 4.99. The number of ether oxygens (including phenoxy) is 2. The molecular formula is C19H25NO5. The minimum Gasteiger partial charge on any atom is -0.493 e. The number of carboxylic acids is 1. The zero-order valence-electron chi connectivity index (χ0n) is 14.8. The number of carbonyl (C=O) groups is 2. The zero-order valence-corrected chi connectivity index (χ0v) is 14.8. The van der Waals surface area contributed by atoms with Crippen LogP contribution in [-0.4, -0.2) is 54.8 Å². The van der Waals surface area contributed by atoms with E-state index in [2.05, 4.69) is 0 Å². The summed E-state index contributed by atoms with van der Waals surface area (Å²) >= 11 is 0. The van der Waals surface area contributed by atoms with Gasteiger partial charge in [-0.2, -0.15) is 0 Å². The molecule has 1 N–H and O–H groups in total. The van der Waals surface area contributed by atoms with Gasteiger partial charge in [-0.15, -0.1) is 0 Å². The monoisotopic (exact) mass is 347 g/mol. The van der Waals surface area contributed by atoms with Gasteiger partial charge in [0.2, 0.25) is 5.91 Å². The van der Waals surface area contributed by atoms with Crippen LogP contribution >= 0.6 is 0 Å². The fraction of sp³-hybridized carbons (Fsp3) is 0.579. The molecule has 0 unspecified atom stereocenters. The molecule has 0 aromatic heterocycles. The van der Waals surface area contributed by atoms with Gasteiger partial charge < -0.3 is 19.5 Å². The van der Waals surface area contributed by atoms with Crippen LogP contribution in [0.15, 0.2) is 18.2 Å². The van der Waals surface area contributed by atoms with E-state index in [1.165, 1.54) is 5.56 Å². The molecule has 2 atom stereocenters. The average Bonchev–Trinajstić information content (AvgIpc) is 2.98. The SMILES string of the molecule is Cc1ccc(OCCC(=O)N2C[C@H]3COCC[C@@]3(C(=O)O)C2)c(C)c1. The van der Waals surface area contributed by atoms with Gasteiger partial charge in [-0.25, -0.2) is 0 Å². The number of aryl methyl sites for hydroxylation is 2. The Morgan fingerprint density at radius 1 is 1.40 bits per heavy atom. The highest BCUT2D eigenvalue weighted by molar-refractivity contribution is 5.81. The van der Waals surface area contributed by atoms with Crippen LogP contribution in [0.4, 0.5) is 0 Å². The molecule has 1 aromatic carbocycles. The van der Waals surface area contributed by atoms with E-state index in [-0.39, 0.29) is 24.8 Å². The second-order valence-corrected chi connectivity index (χ2v) is 7.12. The highest BCUT2D eigenvalue weighted by Crippen LogP contribution is 2.42. The van der Waals surface area contributed by atoms with Crippen LogP contribution in [0.25, 0.3) is 0 Å². The lowest BCUT2D eigenvalue weighted by Gasteiger charge is -2.33. The Bertz CT molecular complexity index is 674. The second-order valence-electron chi connectivity index (χ2n) is 7.12. The molecule has 3 rings (SSSR count). The van der Waals surface area contributed by atoms with Gasteiger partial charge in [0.15, 0.2) is 0 Å². The number of nitrogens with zero attached hydrogens (tertiary/aromatic N) is 1. The molecule has 2 saturated heterocycles. The molecule has 1 amide bonds. The van der Waals surface area contributed by atoms with E-state index in [9.17, 15) is 14.7 Å². The van der Waals surface area contributed by atoms with Crippen molar-refractivity contribution in [3.8, 4) is 5.75 Å². The van der Waals surface area contributed by atoms with Crippen molar-refractivity contribution in [2.24, 2.45) is 11.3 Å². The van der Waals surface area contributed by atoms with Crippen LogP contribution in [0.3, 0.4) is 0 Å². The van der Waals surface area contributed by atoms with Gasteiger partial charge in [0.1, 0.15) is 5.75 Å². The zero-order chi connectivity index (χ0) is 18.0. The molecule has 2 fully saturated rings. The van der Waals surface area contributed by atoms with Crippen molar-refractivity contribution in [2.45, 2.75) is 26.7 Å². The van der Waals surface area contributed by atoms with E-state index in [4.69, 9.17) is 9.47 Å². The van der Waals surface area contributed by atoms with Crippen molar-refractivity contribution in [3.63, 3.8) is 0 Å². The van der Waals surface area contributed by atoms with Crippen LogP contribution in [0.2, 0.25) is 0 Å². The summed E-state index contributed by atoms with van der Waals surface area (Å²) in [4.78, 5) is 25.9. The number of benzene rings is 1. The molecule has 6 nitrogen and oxygen atoms in total. The normalized spacial score (nSPS) is 25.5. The number of fused-ring (bicyclic) bond motifs is 1. The molecule has 2 heterocycles. The van der Waals surface area contributed by atoms with Crippen molar-refractivity contribution in [1.82, 2.24) is 4.90 Å². The van der Waals surface area contributed by atoms with E-state index in [0.29, 0.717) is 32.8 Å². The fourth-order valence-electron chi connectivity index (χ4n) is 3.86. The summed E-state index contributed by atoms with van der Waals surface area (Å²) in [5.41, 5.74) is 1.37. The van der Waals surface area contributed by atoms with E-state index < -0.39 is 11.4 Å². The maximum Gasteiger partial charge on any atom is 0.311 e. The van der Waals surface area contributed by atoms with Gasteiger partial charge in [0.25, 0.3) is 0 Å². The van der Waals surface area contributed by atoms with Gasteiger partial charge in [0, 0.05) is 25.6 Å². The minimum atomic E-state index is -0.845. The van der Waals surface area contributed by atoms with Crippen LogP contribution in [-0.2, 0) is 14.3 Å². The molecule has 0 radical (unpaired) electrons. The Morgan fingerprint density at radius 2 is 2.20 bits per heavy atom.